The lowest BCUT2D eigenvalue weighted by atomic mass is 10.1. The molecular weight excluding hydrogens is 266 g/mol. The van der Waals surface area contributed by atoms with E-state index < -0.39 is 0 Å². The fourth-order valence-electron chi connectivity index (χ4n) is 1.92. The van der Waals surface area contributed by atoms with Crippen LogP contribution in [0.4, 0.5) is 0 Å². The number of hydrogen-bond donors (Lipinski definition) is 1. The molecule has 2 nitrogen and oxygen atoms in total. The van der Waals surface area contributed by atoms with Gasteiger partial charge in [0, 0.05) is 26.8 Å². The van der Waals surface area contributed by atoms with Crippen molar-refractivity contribution < 1.29 is 5.11 Å². The summed E-state index contributed by atoms with van der Waals surface area (Å²) in [6, 6.07) is 11.3. The van der Waals surface area contributed by atoms with Crippen LogP contribution in [0.25, 0.3) is 21.7 Å². The summed E-state index contributed by atoms with van der Waals surface area (Å²) < 4.78 is 1.02. The van der Waals surface area contributed by atoms with Crippen LogP contribution in [-0.2, 0) is 0 Å². The third kappa shape index (κ3) is 1.28. The average Bonchev–Trinajstić information content (AvgIpc) is 2.30. The molecule has 0 aliphatic heterocycles. The van der Waals surface area contributed by atoms with E-state index in [1.54, 1.807) is 12.3 Å². The highest BCUT2D eigenvalue weighted by Gasteiger charge is 2.06. The van der Waals surface area contributed by atoms with Gasteiger partial charge < -0.3 is 5.11 Å². The molecule has 0 amide bonds. The summed E-state index contributed by atoms with van der Waals surface area (Å²) in [5.41, 5.74) is 0.905. The van der Waals surface area contributed by atoms with Gasteiger partial charge >= 0.3 is 0 Å². The lowest BCUT2D eigenvalue weighted by Crippen LogP contribution is -1.82. The van der Waals surface area contributed by atoms with E-state index >= 15 is 0 Å². The Morgan fingerprint density at radius 3 is 2.62 bits per heavy atom. The summed E-state index contributed by atoms with van der Waals surface area (Å²) in [5.74, 6) is 0.293. The lowest BCUT2D eigenvalue weighted by Gasteiger charge is -2.05. The van der Waals surface area contributed by atoms with E-state index in [1.807, 2.05) is 30.3 Å². The van der Waals surface area contributed by atoms with E-state index in [4.69, 9.17) is 0 Å². The maximum Gasteiger partial charge on any atom is 0.123 e. The van der Waals surface area contributed by atoms with Crippen LogP contribution in [0.15, 0.2) is 47.1 Å². The van der Waals surface area contributed by atoms with Crippen LogP contribution in [0.2, 0.25) is 0 Å². The summed E-state index contributed by atoms with van der Waals surface area (Å²) >= 11 is 3.50. The van der Waals surface area contributed by atoms with Gasteiger partial charge in [-0.2, -0.15) is 0 Å². The Balaban J connectivity index is 2.60. The fourth-order valence-corrected chi connectivity index (χ4v) is 2.36. The Labute approximate surface area is 101 Å². The van der Waals surface area contributed by atoms with Gasteiger partial charge in [-0.1, -0.05) is 34.1 Å². The van der Waals surface area contributed by atoms with Gasteiger partial charge in [-0.05, 0) is 18.2 Å². The van der Waals surface area contributed by atoms with Gasteiger partial charge in [0.05, 0.1) is 5.52 Å². The van der Waals surface area contributed by atoms with Crippen LogP contribution in [0, 0.1) is 0 Å². The molecule has 3 rings (SSSR count). The van der Waals surface area contributed by atoms with E-state index in [0.29, 0.717) is 5.75 Å². The number of nitrogens with zero attached hydrogens (tertiary/aromatic N) is 1. The molecule has 0 fully saturated rings. The zero-order valence-corrected chi connectivity index (χ0v) is 9.90. The SMILES string of the molecule is Oc1cccc2c1ccc1c(Br)ccnc12. The Morgan fingerprint density at radius 1 is 0.938 bits per heavy atom. The largest absolute Gasteiger partial charge is 0.507 e. The molecular formula is C13H8BrNO. The van der Waals surface area contributed by atoms with E-state index in [1.165, 1.54) is 0 Å². The van der Waals surface area contributed by atoms with E-state index in [-0.39, 0.29) is 0 Å². The van der Waals surface area contributed by atoms with Crippen molar-refractivity contribution in [3.8, 4) is 5.75 Å². The molecule has 0 saturated carbocycles. The van der Waals surface area contributed by atoms with Gasteiger partial charge in [-0.25, -0.2) is 0 Å². The van der Waals surface area contributed by atoms with Crippen molar-refractivity contribution >= 4 is 37.6 Å². The molecule has 0 aliphatic carbocycles. The first-order chi connectivity index (χ1) is 7.77. The maximum atomic E-state index is 9.76. The van der Waals surface area contributed by atoms with Crippen molar-refractivity contribution in [1.82, 2.24) is 4.98 Å². The Hall–Kier alpha value is -1.61. The second-order valence-corrected chi connectivity index (χ2v) is 4.48. The summed E-state index contributed by atoms with van der Waals surface area (Å²) in [6.45, 7) is 0. The number of aromatic nitrogens is 1. The number of phenolic OH excluding ortho intramolecular Hbond substituents is 1. The summed E-state index contributed by atoms with van der Waals surface area (Å²) in [5, 5.41) is 12.6. The van der Waals surface area contributed by atoms with Crippen molar-refractivity contribution in [3.63, 3.8) is 0 Å². The molecule has 0 saturated heterocycles. The molecule has 3 heteroatoms. The predicted molar refractivity (Wildman–Crippen MR) is 68.6 cm³/mol. The lowest BCUT2D eigenvalue weighted by molar-refractivity contribution is 0.481. The highest BCUT2D eigenvalue weighted by Crippen LogP contribution is 2.32. The molecule has 0 atom stereocenters. The Bertz CT molecular complexity index is 633. The van der Waals surface area contributed by atoms with Crippen LogP contribution in [-0.4, -0.2) is 10.1 Å². The molecule has 16 heavy (non-hydrogen) atoms. The van der Waals surface area contributed by atoms with Gasteiger partial charge in [-0.3, -0.25) is 4.98 Å². The van der Waals surface area contributed by atoms with Crippen LogP contribution in [0.5, 0.6) is 5.75 Å². The number of pyridine rings is 1. The molecule has 0 bridgehead atoms. The zero-order chi connectivity index (χ0) is 11.1. The number of hydrogen-bond acceptors (Lipinski definition) is 2. The smallest absolute Gasteiger partial charge is 0.123 e. The minimum atomic E-state index is 0.293. The highest BCUT2D eigenvalue weighted by molar-refractivity contribution is 9.10. The molecule has 1 aromatic heterocycles. The number of fused-ring (bicyclic) bond motifs is 3. The number of halogens is 1. The molecule has 0 aliphatic rings. The Kier molecular flexibility index (Phi) is 2.07. The minimum Gasteiger partial charge on any atom is -0.507 e. The van der Waals surface area contributed by atoms with Crippen LogP contribution in [0.1, 0.15) is 0 Å². The molecule has 0 spiro atoms. The quantitative estimate of drug-likeness (QED) is 0.631. The van der Waals surface area contributed by atoms with Gasteiger partial charge in [0.15, 0.2) is 0 Å². The third-order valence-electron chi connectivity index (χ3n) is 2.69. The van der Waals surface area contributed by atoms with E-state index in [9.17, 15) is 5.11 Å². The van der Waals surface area contributed by atoms with Gasteiger partial charge in [0.25, 0.3) is 0 Å². The summed E-state index contributed by atoms with van der Waals surface area (Å²) in [6.07, 6.45) is 1.76. The van der Waals surface area contributed by atoms with Gasteiger partial charge in [-0.15, -0.1) is 0 Å². The normalized spacial score (nSPS) is 11.1. The first kappa shape index (κ1) is 9.60. The molecule has 2 aromatic carbocycles. The van der Waals surface area contributed by atoms with Crippen LogP contribution in [0.3, 0.4) is 0 Å². The molecule has 78 valence electrons. The topological polar surface area (TPSA) is 33.1 Å². The van der Waals surface area contributed by atoms with Crippen LogP contribution < -0.4 is 0 Å². The van der Waals surface area contributed by atoms with Crippen molar-refractivity contribution in [2.24, 2.45) is 0 Å². The molecule has 0 radical (unpaired) electrons. The first-order valence-electron chi connectivity index (χ1n) is 4.92. The van der Waals surface area contributed by atoms with E-state index in [0.717, 1.165) is 26.1 Å². The molecule has 0 unspecified atom stereocenters. The second-order valence-electron chi connectivity index (χ2n) is 3.63. The molecule has 1 heterocycles. The van der Waals surface area contributed by atoms with Crippen LogP contribution >= 0.6 is 15.9 Å². The number of rotatable bonds is 0. The molecule has 1 N–H and O–H groups in total. The molecule has 3 aromatic rings. The van der Waals surface area contributed by atoms with Gasteiger partial charge in [0.1, 0.15) is 5.75 Å². The minimum absolute atomic E-state index is 0.293. The standard InChI is InChI=1S/C13H8BrNO/c14-11-6-7-15-13-9-2-1-3-12(16)8(9)4-5-10(11)13/h1-7,16H. The van der Waals surface area contributed by atoms with Crippen molar-refractivity contribution in [1.29, 1.82) is 0 Å². The number of benzene rings is 2. The summed E-state index contributed by atoms with van der Waals surface area (Å²) in [7, 11) is 0. The number of aromatic hydroxyl groups is 1. The monoisotopic (exact) mass is 273 g/mol. The first-order valence-corrected chi connectivity index (χ1v) is 5.71. The highest BCUT2D eigenvalue weighted by atomic mass is 79.9. The average molecular weight is 274 g/mol. The zero-order valence-electron chi connectivity index (χ0n) is 8.31. The fraction of sp³-hybridized carbons (Fsp3) is 0. The van der Waals surface area contributed by atoms with Crippen molar-refractivity contribution in [3.05, 3.63) is 47.1 Å². The number of phenols is 1. The van der Waals surface area contributed by atoms with Gasteiger partial charge in [0.2, 0.25) is 0 Å². The van der Waals surface area contributed by atoms with Crippen molar-refractivity contribution in [2.75, 3.05) is 0 Å². The van der Waals surface area contributed by atoms with E-state index in [2.05, 4.69) is 20.9 Å². The Morgan fingerprint density at radius 2 is 1.75 bits per heavy atom. The maximum absolute atomic E-state index is 9.76. The van der Waals surface area contributed by atoms with Crippen molar-refractivity contribution in [2.45, 2.75) is 0 Å². The second kappa shape index (κ2) is 3.46. The predicted octanol–water partition coefficient (Wildman–Crippen LogP) is 3.86. The summed E-state index contributed by atoms with van der Waals surface area (Å²) in [4.78, 5) is 4.37. The third-order valence-corrected chi connectivity index (χ3v) is 3.38.